The van der Waals surface area contributed by atoms with Crippen LogP contribution in [0.15, 0.2) is 0 Å². The van der Waals surface area contributed by atoms with E-state index in [1.807, 2.05) is 0 Å². The van der Waals surface area contributed by atoms with Gasteiger partial charge in [0.2, 0.25) is 0 Å². The summed E-state index contributed by atoms with van der Waals surface area (Å²) in [7, 11) is -3.92. The van der Waals surface area contributed by atoms with Gasteiger partial charge >= 0.3 is 29.6 Å². The maximum atomic E-state index is 9.92. The van der Waals surface area contributed by atoms with Gasteiger partial charge < -0.3 is 6.53 Å². The second-order valence-corrected chi connectivity index (χ2v) is 2.90. The van der Waals surface area contributed by atoms with E-state index in [0.717, 1.165) is 0 Å². The smallest absolute Gasteiger partial charge is 1.00 e. The summed E-state index contributed by atoms with van der Waals surface area (Å²) in [6, 6.07) is 0. The molecule has 0 heterocycles. The van der Waals surface area contributed by atoms with Crippen molar-refractivity contribution in [1.82, 2.24) is 5.32 Å². The molecule has 0 saturated heterocycles. The Morgan fingerprint density at radius 3 is 2.30 bits per heavy atom. The van der Waals surface area contributed by atoms with Crippen LogP contribution in [0.1, 0.15) is 1.43 Å². The van der Waals surface area contributed by atoms with Crippen LogP contribution in [0, 0.1) is 0 Å². The molecule has 0 rings (SSSR count). The van der Waals surface area contributed by atoms with Crippen LogP contribution in [0.3, 0.4) is 0 Å². The van der Waals surface area contributed by atoms with E-state index in [4.69, 9.17) is 9.66 Å². The van der Waals surface area contributed by atoms with E-state index in [-0.39, 0.29) is 44.1 Å². The fourth-order valence-corrected chi connectivity index (χ4v) is 0.682. The van der Waals surface area contributed by atoms with Crippen LogP contribution < -0.4 is 34.9 Å². The van der Waals surface area contributed by atoms with Crippen molar-refractivity contribution in [1.29, 1.82) is 0 Å². The van der Waals surface area contributed by atoms with Gasteiger partial charge in [0.1, 0.15) is 5.88 Å². The van der Waals surface area contributed by atoms with Gasteiger partial charge in [0.15, 0.2) is 0 Å². The minimum atomic E-state index is -3.92. The fraction of sp³-hybridized carbons (Fsp3) is 1.00. The van der Waals surface area contributed by atoms with Crippen molar-refractivity contribution in [3.05, 3.63) is 0 Å². The first-order valence-electron chi connectivity index (χ1n) is 2.33. The predicted molar refractivity (Wildman–Crippen MR) is 32.6 cm³/mol. The molecule has 0 aromatic heterocycles. The first-order valence-corrected chi connectivity index (χ1v) is 3.94. The van der Waals surface area contributed by atoms with Gasteiger partial charge in [-0.05, 0) is 0 Å². The molecule has 0 fully saturated rings. The zero-order valence-corrected chi connectivity index (χ0v) is 8.56. The molecule has 0 radical (unpaired) electrons. The van der Waals surface area contributed by atoms with Crippen LogP contribution in [-0.2, 0) is 10.1 Å². The molecule has 0 unspecified atom stereocenters. The molecule has 0 spiro atoms. The zero-order chi connectivity index (χ0) is 7.33. The predicted octanol–water partition coefficient (Wildman–Crippen LogP) is -4.47. The summed E-state index contributed by atoms with van der Waals surface area (Å²) in [4.78, 5) is 0. The Bertz CT molecular complexity index is 161. The van der Waals surface area contributed by atoms with Gasteiger partial charge in [0, 0.05) is 6.54 Å². The Kier molecular flexibility index (Phi) is 8.77. The van der Waals surface area contributed by atoms with Crippen LogP contribution in [0.4, 0.5) is 0 Å². The number of aliphatic hydroxyl groups excluding tert-OH is 1. The molecule has 3 N–H and O–H groups in total. The van der Waals surface area contributed by atoms with Gasteiger partial charge in [-0.3, -0.25) is 9.87 Å². The van der Waals surface area contributed by atoms with Crippen LogP contribution in [0.25, 0.3) is 0 Å². The molecular weight excluding hydrogens is 169 g/mol. The normalized spacial score (nSPS) is 10.6. The molecule has 7 heteroatoms. The molecule has 0 aliphatic carbocycles. The first kappa shape index (κ1) is 13.4. The van der Waals surface area contributed by atoms with E-state index in [0.29, 0.717) is 0 Å². The third-order valence-corrected chi connectivity index (χ3v) is 1.14. The molecule has 0 saturated carbocycles. The molecule has 0 bridgehead atoms. The van der Waals surface area contributed by atoms with E-state index >= 15 is 0 Å². The Morgan fingerprint density at radius 1 is 1.50 bits per heavy atom. The maximum absolute atomic E-state index is 9.92. The number of nitrogens with one attached hydrogen (secondary N) is 1. The average Bonchev–Trinajstić information content (AvgIpc) is 1.63. The second-order valence-electron chi connectivity index (χ2n) is 1.45. The summed E-state index contributed by atoms with van der Waals surface area (Å²) in [6.45, 7) is 0.0231. The topological polar surface area (TPSA) is 86.6 Å². The zero-order valence-electron chi connectivity index (χ0n) is 6.74. The summed E-state index contributed by atoms with van der Waals surface area (Å²) >= 11 is 0. The van der Waals surface area contributed by atoms with Gasteiger partial charge in [-0.25, -0.2) is 0 Å². The van der Waals surface area contributed by atoms with Crippen LogP contribution in [0.5, 0.6) is 0 Å². The van der Waals surface area contributed by atoms with Gasteiger partial charge in [0.05, 0.1) is 6.61 Å². The summed E-state index contributed by atoms with van der Waals surface area (Å²) in [5.74, 6) is -0.506. The number of rotatable bonds is 4. The van der Waals surface area contributed by atoms with Crippen molar-refractivity contribution in [2.75, 3.05) is 19.0 Å². The first-order chi connectivity index (χ1) is 4.06. The molecule has 0 amide bonds. The minimum Gasteiger partial charge on any atom is -1.00 e. The van der Waals surface area contributed by atoms with Crippen molar-refractivity contribution in [3.8, 4) is 0 Å². The summed E-state index contributed by atoms with van der Waals surface area (Å²) in [6.07, 6.45) is 0. The van der Waals surface area contributed by atoms with Gasteiger partial charge in [0.25, 0.3) is 10.1 Å². The Balaban J connectivity index is -0.000000320. The molecule has 10 heavy (non-hydrogen) atoms. The summed E-state index contributed by atoms with van der Waals surface area (Å²) in [5.41, 5.74) is 0. The van der Waals surface area contributed by atoms with E-state index in [1.54, 1.807) is 0 Å². The van der Waals surface area contributed by atoms with Crippen molar-refractivity contribution >= 4 is 10.1 Å². The molecule has 0 aromatic carbocycles. The third kappa shape index (κ3) is 11.6. The van der Waals surface area contributed by atoms with E-state index in [9.17, 15) is 8.42 Å². The number of aliphatic hydroxyl groups is 1. The Hall–Kier alpha value is 0.830. The maximum Gasteiger partial charge on any atom is 1.00 e. The minimum absolute atomic E-state index is 0. The number of hydrogen-bond donors (Lipinski definition) is 3. The average molecular weight is 179 g/mol. The third-order valence-electron chi connectivity index (χ3n) is 0.573. The van der Waals surface area contributed by atoms with Gasteiger partial charge in [-0.2, -0.15) is 8.42 Å². The van der Waals surface area contributed by atoms with Gasteiger partial charge in [-0.1, -0.05) is 0 Å². The molecule has 5 nitrogen and oxygen atoms in total. The summed E-state index contributed by atoms with van der Waals surface area (Å²) < 4.78 is 27.9. The Labute approximate surface area is 83.3 Å². The van der Waals surface area contributed by atoms with E-state index in [2.05, 4.69) is 5.32 Å². The molecule has 0 aromatic rings. The second kappa shape index (κ2) is 6.53. The molecule has 0 aliphatic heterocycles. The largest absolute Gasteiger partial charge is 1.00 e. The van der Waals surface area contributed by atoms with E-state index < -0.39 is 16.0 Å². The number of hydrogen-bond acceptors (Lipinski definition) is 4. The molecule has 58 valence electrons. The standard InChI is InChI=1S/C3H9NO4S.Na.H/c5-2-1-4-3-9(6,7)8;;/h4-5H,1-3H2,(H,6,7,8);;/q;+1;-1. The van der Waals surface area contributed by atoms with Crippen molar-refractivity contribution in [3.63, 3.8) is 0 Å². The summed E-state index contributed by atoms with van der Waals surface area (Å²) in [5, 5.41) is 10.4. The SMILES string of the molecule is O=S(=O)(O)CNCCO.[H-].[Na+]. The van der Waals surface area contributed by atoms with Crippen LogP contribution in [0.2, 0.25) is 0 Å². The fourth-order valence-electron chi connectivity index (χ4n) is 0.280. The van der Waals surface area contributed by atoms with E-state index in [1.165, 1.54) is 0 Å². The van der Waals surface area contributed by atoms with Crippen LogP contribution >= 0.6 is 0 Å². The quantitative estimate of drug-likeness (QED) is 0.230. The van der Waals surface area contributed by atoms with Crippen LogP contribution in [-0.4, -0.2) is 37.1 Å². The van der Waals surface area contributed by atoms with Gasteiger partial charge in [-0.15, -0.1) is 0 Å². The van der Waals surface area contributed by atoms with Crippen molar-refractivity contribution in [2.45, 2.75) is 0 Å². The van der Waals surface area contributed by atoms with Crippen molar-refractivity contribution < 1.29 is 49.1 Å². The molecular formula is C3H10NNaO4S. The molecule has 0 atom stereocenters. The Morgan fingerprint density at radius 2 is 2.00 bits per heavy atom. The van der Waals surface area contributed by atoms with Crippen molar-refractivity contribution in [2.24, 2.45) is 0 Å². The monoisotopic (exact) mass is 179 g/mol. The molecule has 0 aliphatic rings.